The van der Waals surface area contributed by atoms with Crippen LogP contribution in [0.4, 0.5) is 0 Å². The van der Waals surface area contributed by atoms with Crippen molar-refractivity contribution in [2.45, 2.75) is 110 Å². The van der Waals surface area contributed by atoms with Gasteiger partial charge in [-0.05, 0) is 103 Å². The van der Waals surface area contributed by atoms with Gasteiger partial charge in [-0.15, -0.1) is 0 Å². The Morgan fingerprint density at radius 2 is 1.69 bits per heavy atom. The van der Waals surface area contributed by atoms with Gasteiger partial charge in [0.2, 0.25) is 0 Å². The Morgan fingerprint density at radius 3 is 2.40 bits per heavy atom. The van der Waals surface area contributed by atoms with Crippen molar-refractivity contribution in [2.75, 3.05) is 7.11 Å². The molecule has 12 atom stereocenters. The van der Waals surface area contributed by atoms with Crippen molar-refractivity contribution >= 4 is 5.97 Å². The maximum absolute atomic E-state index is 12.1. The van der Waals surface area contributed by atoms with Crippen LogP contribution in [0, 0.1) is 50.7 Å². The van der Waals surface area contributed by atoms with E-state index in [1.165, 1.54) is 32.4 Å². The quantitative estimate of drug-likeness (QED) is 0.429. The van der Waals surface area contributed by atoms with Crippen LogP contribution in [0.5, 0.6) is 0 Å². The summed E-state index contributed by atoms with van der Waals surface area (Å²) in [5.74, 6) is 1.49. The molecule has 196 valence electrons. The molecule has 6 fully saturated rings. The number of hydrogen-bond acceptors (Lipinski definition) is 5. The Bertz CT molecular complexity index is 943. The third kappa shape index (κ3) is 2.74. The lowest BCUT2D eigenvalue weighted by Gasteiger charge is -2.63. The molecule has 0 bridgehead atoms. The zero-order valence-corrected chi connectivity index (χ0v) is 22.5. The first-order valence-corrected chi connectivity index (χ1v) is 14.2. The van der Waals surface area contributed by atoms with E-state index in [0.29, 0.717) is 34.5 Å². The Labute approximate surface area is 211 Å². The molecule has 0 aromatic carbocycles. The topological polar surface area (TPSA) is 76.0 Å². The van der Waals surface area contributed by atoms with Crippen LogP contribution in [0.15, 0.2) is 12.2 Å². The van der Waals surface area contributed by atoms with Crippen molar-refractivity contribution < 1.29 is 24.5 Å². The SMILES string of the molecule is COC(=O)/C=C/C1C[C@@H](C)C2C(O1)[C@H](O)[C@@]1(C)C3CC[C@H]4C(C)(C)C(O)CCC45CC35CCC21C. The van der Waals surface area contributed by atoms with E-state index in [4.69, 9.17) is 9.47 Å². The number of rotatable bonds is 2. The van der Waals surface area contributed by atoms with Gasteiger partial charge in [0.15, 0.2) is 0 Å². The van der Waals surface area contributed by atoms with Gasteiger partial charge in [-0.3, -0.25) is 0 Å². The Morgan fingerprint density at radius 1 is 1.00 bits per heavy atom. The number of aliphatic hydroxyl groups excluding tert-OH is 2. The molecule has 1 heterocycles. The molecule has 5 nitrogen and oxygen atoms in total. The number of fused-ring (bicyclic) bond motifs is 4. The second-order valence-corrected chi connectivity index (χ2v) is 14.5. The van der Waals surface area contributed by atoms with Gasteiger partial charge < -0.3 is 19.7 Å². The molecule has 2 spiro atoms. The smallest absolute Gasteiger partial charge is 0.330 e. The van der Waals surface area contributed by atoms with Crippen molar-refractivity contribution in [3.8, 4) is 0 Å². The minimum absolute atomic E-state index is 0.0204. The zero-order chi connectivity index (χ0) is 25.2. The van der Waals surface area contributed by atoms with Crippen LogP contribution in [0.2, 0.25) is 0 Å². The molecule has 6 rings (SSSR count). The lowest BCUT2D eigenvalue weighted by molar-refractivity contribution is -0.182. The van der Waals surface area contributed by atoms with E-state index >= 15 is 0 Å². The van der Waals surface area contributed by atoms with Crippen LogP contribution in [0.1, 0.15) is 86.0 Å². The molecule has 35 heavy (non-hydrogen) atoms. The highest BCUT2D eigenvalue weighted by molar-refractivity contribution is 5.81. The Hall–Kier alpha value is -0.910. The van der Waals surface area contributed by atoms with Crippen LogP contribution in [0.3, 0.4) is 0 Å². The number of hydrogen-bond donors (Lipinski definition) is 2. The molecule has 6 aliphatic rings. The standard InChI is InChI=1S/C30H46O5/c1-17-15-18(7-10-22(32)34-6)35-24-23(17)27(4)13-14-30-16-29(30)12-11-21(31)26(2,3)19(29)8-9-20(30)28(27,5)25(24)33/h7,10,17-21,23-25,31,33H,8-9,11-16H2,1-6H3/b10-7+/t17-,18?,19+,20?,21?,23?,24?,25+,27?,28-,29?,30?/m1/s1. The summed E-state index contributed by atoms with van der Waals surface area (Å²) in [7, 11) is 1.39. The second kappa shape index (κ2) is 7.35. The molecule has 0 aromatic rings. The maximum Gasteiger partial charge on any atom is 0.330 e. The van der Waals surface area contributed by atoms with Crippen LogP contribution in [0.25, 0.3) is 0 Å². The van der Waals surface area contributed by atoms with Gasteiger partial charge in [-0.2, -0.15) is 0 Å². The largest absolute Gasteiger partial charge is 0.466 e. The van der Waals surface area contributed by atoms with Crippen molar-refractivity contribution in [3.63, 3.8) is 0 Å². The van der Waals surface area contributed by atoms with Crippen LogP contribution in [-0.2, 0) is 14.3 Å². The summed E-state index contributed by atoms with van der Waals surface area (Å²) >= 11 is 0. The molecular formula is C30H46O5. The number of methoxy groups -OCH3 is 1. The molecule has 0 radical (unpaired) electrons. The summed E-state index contributed by atoms with van der Waals surface area (Å²) in [6.07, 6.45) is 11.3. The first kappa shape index (κ1) is 24.4. The van der Waals surface area contributed by atoms with E-state index in [-0.39, 0.29) is 40.5 Å². The van der Waals surface area contributed by atoms with E-state index < -0.39 is 6.10 Å². The van der Waals surface area contributed by atoms with E-state index in [9.17, 15) is 15.0 Å². The lowest BCUT2D eigenvalue weighted by atomic mass is 9.41. The first-order valence-electron chi connectivity index (χ1n) is 14.2. The number of ether oxygens (including phenoxy) is 2. The highest BCUT2D eigenvalue weighted by Gasteiger charge is 2.84. The predicted octanol–water partition coefficient (Wildman–Crippen LogP) is 4.89. The normalized spacial score (nSPS) is 57.9. The van der Waals surface area contributed by atoms with Crippen molar-refractivity contribution in [1.82, 2.24) is 0 Å². The molecule has 5 aliphatic carbocycles. The summed E-state index contributed by atoms with van der Waals surface area (Å²) in [6, 6.07) is 0. The average molecular weight is 487 g/mol. The maximum atomic E-state index is 12.1. The fourth-order valence-corrected chi connectivity index (χ4v) is 11.7. The Kier molecular flexibility index (Phi) is 5.13. The first-order chi connectivity index (χ1) is 16.4. The van der Waals surface area contributed by atoms with Gasteiger partial charge in [0, 0.05) is 11.5 Å². The molecule has 8 unspecified atom stereocenters. The highest BCUT2D eigenvalue weighted by atomic mass is 16.5. The number of aliphatic hydroxyl groups is 2. The summed E-state index contributed by atoms with van der Waals surface area (Å²) in [5.41, 5.74) is 0.528. The second-order valence-electron chi connectivity index (χ2n) is 14.5. The van der Waals surface area contributed by atoms with Gasteiger partial charge in [0.1, 0.15) is 0 Å². The van der Waals surface area contributed by atoms with E-state index in [1.807, 2.05) is 6.08 Å². The highest BCUT2D eigenvalue weighted by Crippen LogP contribution is 2.89. The molecule has 1 aliphatic heterocycles. The fourth-order valence-electron chi connectivity index (χ4n) is 11.7. The van der Waals surface area contributed by atoms with Crippen LogP contribution in [-0.4, -0.2) is 47.7 Å². The zero-order valence-electron chi connectivity index (χ0n) is 22.5. The Balaban J connectivity index is 1.34. The van der Waals surface area contributed by atoms with E-state index in [1.54, 1.807) is 0 Å². The molecule has 5 saturated carbocycles. The van der Waals surface area contributed by atoms with Gasteiger partial charge in [0.05, 0.1) is 31.5 Å². The van der Waals surface area contributed by atoms with Crippen molar-refractivity contribution in [1.29, 1.82) is 0 Å². The summed E-state index contributed by atoms with van der Waals surface area (Å²) in [5, 5.41) is 23.0. The molecule has 0 amide bonds. The minimum Gasteiger partial charge on any atom is -0.466 e. The van der Waals surface area contributed by atoms with Crippen molar-refractivity contribution in [2.24, 2.45) is 50.7 Å². The van der Waals surface area contributed by atoms with E-state index in [2.05, 4.69) is 34.6 Å². The number of carbonyl (C=O) groups excluding carboxylic acids is 1. The molecule has 2 N–H and O–H groups in total. The van der Waals surface area contributed by atoms with Crippen molar-refractivity contribution in [3.05, 3.63) is 12.2 Å². The lowest BCUT2D eigenvalue weighted by Crippen LogP contribution is -2.59. The molecule has 0 aromatic heterocycles. The van der Waals surface area contributed by atoms with Gasteiger partial charge in [0.25, 0.3) is 0 Å². The molecule has 5 heteroatoms. The molecule has 1 saturated heterocycles. The number of esters is 1. The average Bonchev–Trinajstić information content (AvgIpc) is 3.45. The van der Waals surface area contributed by atoms with Gasteiger partial charge >= 0.3 is 5.97 Å². The third-order valence-electron chi connectivity index (χ3n) is 13.5. The minimum atomic E-state index is -0.493. The van der Waals surface area contributed by atoms with Gasteiger partial charge in [-0.25, -0.2) is 4.79 Å². The summed E-state index contributed by atoms with van der Waals surface area (Å²) < 4.78 is 11.4. The summed E-state index contributed by atoms with van der Waals surface area (Å²) in [4.78, 5) is 11.7. The van der Waals surface area contributed by atoms with E-state index in [0.717, 1.165) is 32.1 Å². The number of carbonyl (C=O) groups is 1. The molecular weight excluding hydrogens is 440 g/mol. The van der Waals surface area contributed by atoms with Crippen LogP contribution >= 0.6 is 0 Å². The van der Waals surface area contributed by atoms with Gasteiger partial charge in [-0.1, -0.05) is 34.6 Å². The summed E-state index contributed by atoms with van der Waals surface area (Å²) in [6.45, 7) is 11.8. The fraction of sp³-hybridized carbons (Fsp3) is 0.900. The monoisotopic (exact) mass is 486 g/mol. The predicted molar refractivity (Wildman–Crippen MR) is 133 cm³/mol. The third-order valence-corrected chi connectivity index (χ3v) is 13.5. The van der Waals surface area contributed by atoms with Crippen LogP contribution < -0.4 is 0 Å².